The first-order chi connectivity index (χ1) is 6.69. The Morgan fingerprint density at radius 3 is 1.86 bits per heavy atom. The van der Waals surface area contributed by atoms with Crippen molar-refractivity contribution in [3.8, 4) is 0 Å². The molecular formula is C8H18N2O4. The molecule has 6 nitrogen and oxygen atoms in total. The van der Waals surface area contributed by atoms with Crippen LogP contribution in [-0.2, 0) is 0 Å². The van der Waals surface area contributed by atoms with E-state index in [9.17, 15) is 9.90 Å². The molecule has 0 aromatic heterocycles. The van der Waals surface area contributed by atoms with E-state index in [1.165, 1.54) is 0 Å². The maximum Gasteiger partial charge on any atom is 0.323 e. The lowest BCUT2D eigenvalue weighted by atomic mass is 10.2. The fourth-order valence-electron chi connectivity index (χ4n) is 1.16. The number of carbonyl (C=O) groups excluding carboxylic acids is 1. The van der Waals surface area contributed by atoms with Gasteiger partial charge < -0.3 is 15.3 Å². The SMILES string of the molecule is CC.O=C1N(CO)CC(O)CN1CO. The summed E-state index contributed by atoms with van der Waals surface area (Å²) in [7, 11) is 0. The number of hydrogen-bond acceptors (Lipinski definition) is 4. The third-order valence-electron chi connectivity index (χ3n) is 1.74. The predicted octanol–water partition coefficient (Wildman–Crippen LogP) is -0.989. The Hall–Kier alpha value is -0.850. The maximum atomic E-state index is 11.2. The minimum absolute atomic E-state index is 0.117. The number of carbonyl (C=O) groups is 1. The monoisotopic (exact) mass is 206 g/mol. The lowest BCUT2D eigenvalue weighted by molar-refractivity contribution is -0.0100. The Kier molecular flexibility index (Phi) is 6.18. The van der Waals surface area contributed by atoms with Crippen LogP contribution in [0, 0.1) is 0 Å². The molecule has 0 bridgehead atoms. The van der Waals surface area contributed by atoms with Crippen molar-refractivity contribution in [2.45, 2.75) is 20.0 Å². The molecule has 84 valence electrons. The summed E-state index contributed by atoms with van der Waals surface area (Å²) in [4.78, 5) is 13.3. The van der Waals surface area contributed by atoms with E-state index in [4.69, 9.17) is 10.2 Å². The summed E-state index contributed by atoms with van der Waals surface area (Å²) in [5, 5.41) is 26.5. The van der Waals surface area contributed by atoms with Gasteiger partial charge in [-0.15, -0.1) is 0 Å². The molecule has 0 aliphatic carbocycles. The standard InChI is InChI=1S/C6H12N2O4.C2H6/c9-3-7-1-5(11)2-8(4-10)6(7)12;1-2/h5,9-11H,1-4H2;1-2H3. The van der Waals surface area contributed by atoms with Crippen molar-refractivity contribution in [2.75, 3.05) is 26.6 Å². The van der Waals surface area contributed by atoms with E-state index in [0.717, 1.165) is 9.80 Å². The summed E-state index contributed by atoms with van der Waals surface area (Å²) >= 11 is 0. The van der Waals surface area contributed by atoms with Gasteiger partial charge in [-0.1, -0.05) is 13.8 Å². The predicted molar refractivity (Wildman–Crippen MR) is 50.3 cm³/mol. The molecule has 14 heavy (non-hydrogen) atoms. The average Bonchev–Trinajstić information content (AvgIpc) is 2.23. The van der Waals surface area contributed by atoms with Crippen LogP contribution in [0.25, 0.3) is 0 Å². The van der Waals surface area contributed by atoms with Gasteiger partial charge in [-0.25, -0.2) is 4.79 Å². The average molecular weight is 206 g/mol. The Balaban J connectivity index is 0.000000791. The van der Waals surface area contributed by atoms with E-state index in [-0.39, 0.29) is 13.1 Å². The van der Waals surface area contributed by atoms with Crippen molar-refractivity contribution >= 4 is 6.03 Å². The van der Waals surface area contributed by atoms with Crippen LogP contribution in [0.3, 0.4) is 0 Å². The molecule has 1 fully saturated rings. The van der Waals surface area contributed by atoms with Gasteiger partial charge in [0.25, 0.3) is 0 Å². The largest absolute Gasteiger partial charge is 0.389 e. The topological polar surface area (TPSA) is 84.2 Å². The summed E-state index contributed by atoms with van der Waals surface area (Å²) in [6, 6.07) is -0.453. The number of hydrogen-bond donors (Lipinski definition) is 3. The van der Waals surface area contributed by atoms with Gasteiger partial charge in [0.15, 0.2) is 0 Å². The molecule has 1 aliphatic heterocycles. The normalized spacial score (nSPS) is 17.9. The van der Waals surface area contributed by atoms with E-state index in [2.05, 4.69) is 0 Å². The number of rotatable bonds is 2. The third-order valence-corrected chi connectivity index (χ3v) is 1.74. The quantitative estimate of drug-likeness (QED) is 0.541. The van der Waals surface area contributed by atoms with Crippen molar-refractivity contribution in [3.63, 3.8) is 0 Å². The molecule has 1 aliphatic rings. The zero-order chi connectivity index (χ0) is 11.1. The van der Waals surface area contributed by atoms with Gasteiger partial charge in [0, 0.05) is 0 Å². The van der Waals surface area contributed by atoms with E-state index in [0.29, 0.717) is 0 Å². The van der Waals surface area contributed by atoms with Gasteiger partial charge in [0.05, 0.1) is 19.2 Å². The lowest BCUT2D eigenvalue weighted by Gasteiger charge is -2.35. The summed E-state index contributed by atoms with van der Waals surface area (Å²) in [5.41, 5.74) is 0. The highest BCUT2D eigenvalue weighted by Crippen LogP contribution is 2.07. The van der Waals surface area contributed by atoms with Gasteiger partial charge in [-0.3, -0.25) is 9.80 Å². The molecule has 0 spiro atoms. The number of aliphatic hydroxyl groups is 3. The van der Waals surface area contributed by atoms with Crippen molar-refractivity contribution < 1.29 is 20.1 Å². The van der Waals surface area contributed by atoms with Gasteiger partial charge >= 0.3 is 6.03 Å². The molecule has 0 atom stereocenters. The molecule has 1 heterocycles. The van der Waals surface area contributed by atoms with Crippen molar-refractivity contribution in [1.82, 2.24) is 9.80 Å². The third kappa shape index (κ3) is 3.13. The fourth-order valence-corrected chi connectivity index (χ4v) is 1.16. The van der Waals surface area contributed by atoms with E-state index < -0.39 is 25.6 Å². The van der Waals surface area contributed by atoms with Crippen LogP contribution in [0.2, 0.25) is 0 Å². The summed E-state index contributed by atoms with van der Waals surface area (Å²) in [6.45, 7) is 3.36. The second kappa shape index (κ2) is 6.58. The molecule has 0 unspecified atom stereocenters. The first kappa shape index (κ1) is 13.2. The van der Waals surface area contributed by atoms with Gasteiger partial charge in [-0.05, 0) is 0 Å². The number of nitrogens with zero attached hydrogens (tertiary/aromatic N) is 2. The molecule has 0 saturated carbocycles. The van der Waals surface area contributed by atoms with Crippen molar-refractivity contribution in [2.24, 2.45) is 0 Å². The van der Waals surface area contributed by atoms with Crippen LogP contribution >= 0.6 is 0 Å². The smallest absolute Gasteiger partial charge is 0.323 e. The molecule has 1 saturated heterocycles. The van der Waals surface area contributed by atoms with Crippen LogP contribution in [0.15, 0.2) is 0 Å². The summed E-state index contributed by atoms with van der Waals surface area (Å²) < 4.78 is 0. The second-order valence-corrected chi connectivity index (χ2v) is 2.66. The molecule has 0 aromatic rings. The summed E-state index contributed by atoms with van der Waals surface area (Å²) in [5.74, 6) is 0. The molecule has 6 heteroatoms. The van der Waals surface area contributed by atoms with Crippen LogP contribution in [0.5, 0.6) is 0 Å². The molecule has 0 radical (unpaired) electrons. The first-order valence-corrected chi connectivity index (χ1v) is 4.62. The summed E-state index contributed by atoms with van der Waals surface area (Å²) in [6.07, 6.45) is -0.706. The van der Waals surface area contributed by atoms with Crippen molar-refractivity contribution in [3.05, 3.63) is 0 Å². The van der Waals surface area contributed by atoms with Crippen LogP contribution in [0.4, 0.5) is 4.79 Å². The van der Waals surface area contributed by atoms with Gasteiger partial charge in [0.2, 0.25) is 0 Å². The Labute approximate surface area is 83.4 Å². The van der Waals surface area contributed by atoms with E-state index in [1.807, 2.05) is 13.8 Å². The first-order valence-electron chi connectivity index (χ1n) is 4.62. The maximum absolute atomic E-state index is 11.2. The molecule has 1 rings (SSSR count). The number of aliphatic hydroxyl groups excluding tert-OH is 3. The highest BCUT2D eigenvalue weighted by Gasteiger charge is 2.29. The Morgan fingerprint density at radius 2 is 1.57 bits per heavy atom. The number of β-amino-alcohol motifs (C(OH)–C–C–N with tert-alkyl or cyclic N) is 1. The molecule has 0 aromatic carbocycles. The Bertz CT molecular complexity index is 161. The zero-order valence-corrected chi connectivity index (χ0v) is 8.55. The highest BCUT2D eigenvalue weighted by molar-refractivity contribution is 5.75. The molecular weight excluding hydrogens is 188 g/mol. The van der Waals surface area contributed by atoms with Crippen LogP contribution < -0.4 is 0 Å². The van der Waals surface area contributed by atoms with Gasteiger partial charge in [0.1, 0.15) is 13.5 Å². The van der Waals surface area contributed by atoms with Crippen LogP contribution in [0.1, 0.15) is 13.8 Å². The zero-order valence-electron chi connectivity index (χ0n) is 8.55. The minimum atomic E-state index is -0.706. The molecule has 3 N–H and O–H groups in total. The van der Waals surface area contributed by atoms with Gasteiger partial charge in [-0.2, -0.15) is 0 Å². The lowest BCUT2D eigenvalue weighted by Crippen LogP contribution is -2.55. The van der Waals surface area contributed by atoms with Crippen LogP contribution in [-0.4, -0.2) is 63.8 Å². The van der Waals surface area contributed by atoms with E-state index >= 15 is 0 Å². The van der Waals surface area contributed by atoms with Crippen molar-refractivity contribution in [1.29, 1.82) is 0 Å². The Morgan fingerprint density at radius 1 is 1.21 bits per heavy atom. The fraction of sp³-hybridized carbons (Fsp3) is 0.875. The van der Waals surface area contributed by atoms with E-state index in [1.54, 1.807) is 0 Å². The number of urea groups is 1. The minimum Gasteiger partial charge on any atom is -0.389 e. The second-order valence-electron chi connectivity index (χ2n) is 2.66. The highest BCUT2D eigenvalue weighted by atomic mass is 16.3. The number of amides is 2. The molecule has 2 amide bonds.